The highest BCUT2D eigenvalue weighted by Crippen LogP contribution is 2.16. The SMILES string of the molecule is CCCCc1nc(C)[nH]c(=O)c1Cc1ccc([N+](=O)[O-])cc1. The maximum Gasteiger partial charge on any atom is 0.269 e. The summed E-state index contributed by atoms with van der Waals surface area (Å²) in [5.41, 5.74) is 2.25. The first-order valence-electron chi connectivity index (χ1n) is 7.33. The molecule has 1 aromatic carbocycles. The Balaban J connectivity index is 2.31. The quantitative estimate of drug-likeness (QED) is 0.656. The van der Waals surface area contributed by atoms with Crippen molar-refractivity contribution in [2.45, 2.75) is 39.5 Å². The molecule has 0 bridgehead atoms. The second-order valence-electron chi connectivity index (χ2n) is 5.28. The van der Waals surface area contributed by atoms with Gasteiger partial charge in [0.15, 0.2) is 0 Å². The van der Waals surface area contributed by atoms with E-state index in [0.717, 1.165) is 30.5 Å². The van der Waals surface area contributed by atoms with Crippen molar-refractivity contribution in [1.29, 1.82) is 0 Å². The molecule has 0 aliphatic carbocycles. The highest BCUT2D eigenvalue weighted by molar-refractivity contribution is 5.35. The molecule has 2 aromatic rings. The summed E-state index contributed by atoms with van der Waals surface area (Å²) in [7, 11) is 0. The second-order valence-corrected chi connectivity index (χ2v) is 5.28. The molecule has 6 nitrogen and oxygen atoms in total. The van der Waals surface area contributed by atoms with Crippen molar-refractivity contribution in [1.82, 2.24) is 9.97 Å². The summed E-state index contributed by atoms with van der Waals surface area (Å²) >= 11 is 0. The average molecular weight is 301 g/mol. The van der Waals surface area contributed by atoms with Gasteiger partial charge in [0, 0.05) is 24.1 Å². The molecule has 22 heavy (non-hydrogen) atoms. The van der Waals surface area contributed by atoms with Crippen molar-refractivity contribution in [3.8, 4) is 0 Å². The van der Waals surface area contributed by atoms with Gasteiger partial charge in [0.25, 0.3) is 11.2 Å². The number of aromatic amines is 1. The molecule has 116 valence electrons. The third-order valence-electron chi connectivity index (χ3n) is 3.51. The van der Waals surface area contributed by atoms with Gasteiger partial charge in [0.1, 0.15) is 5.82 Å². The molecule has 0 spiro atoms. The van der Waals surface area contributed by atoms with Crippen molar-refractivity contribution in [3.63, 3.8) is 0 Å². The van der Waals surface area contributed by atoms with Crippen LogP contribution in [0.1, 0.15) is 42.4 Å². The molecule has 2 rings (SSSR count). The predicted octanol–water partition coefficient (Wildman–Crippen LogP) is 2.92. The van der Waals surface area contributed by atoms with E-state index in [1.54, 1.807) is 19.1 Å². The van der Waals surface area contributed by atoms with Crippen molar-refractivity contribution < 1.29 is 4.92 Å². The number of nitrogens with zero attached hydrogens (tertiary/aromatic N) is 2. The summed E-state index contributed by atoms with van der Waals surface area (Å²) in [6, 6.07) is 6.27. The molecule has 0 unspecified atom stereocenters. The number of non-ortho nitro benzene ring substituents is 1. The number of nitro benzene ring substituents is 1. The Morgan fingerprint density at radius 2 is 1.95 bits per heavy atom. The molecule has 0 saturated carbocycles. The van der Waals surface area contributed by atoms with Crippen molar-refractivity contribution in [3.05, 3.63) is 67.4 Å². The lowest BCUT2D eigenvalue weighted by Gasteiger charge is -2.09. The van der Waals surface area contributed by atoms with E-state index >= 15 is 0 Å². The van der Waals surface area contributed by atoms with Gasteiger partial charge >= 0.3 is 0 Å². The zero-order valence-electron chi connectivity index (χ0n) is 12.8. The fraction of sp³-hybridized carbons (Fsp3) is 0.375. The van der Waals surface area contributed by atoms with Gasteiger partial charge in [-0.1, -0.05) is 25.5 Å². The van der Waals surface area contributed by atoms with Crippen LogP contribution < -0.4 is 5.56 Å². The van der Waals surface area contributed by atoms with Crippen LogP contribution in [0.15, 0.2) is 29.1 Å². The topological polar surface area (TPSA) is 88.9 Å². The van der Waals surface area contributed by atoms with Gasteiger partial charge < -0.3 is 4.98 Å². The highest BCUT2D eigenvalue weighted by atomic mass is 16.6. The first kappa shape index (κ1) is 15.9. The number of hydrogen-bond acceptors (Lipinski definition) is 4. The zero-order valence-corrected chi connectivity index (χ0v) is 12.8. The van der Waals surface area contributed by atoms with Gasteiger partial charge in [-0.3, -0.25) is 14.9 Å². The van der Waals surface area contributed by atoms with E-state index < -0.39 is 4.92 Å². The molecule has 0 aliphatic heterocycles. The molecule has 6 heteroatoms. The summed E-state index contributed by atoms with van der Waals surface area (Å²) in [6.07, 6.45) is 3.21. The second kappa shape index (κ2) is 6.98. The van der Waals surface area contributed by atoms with E-state index in [1.165, 1.54) is 12.1 Å². The summed E-state index contributed by atoms with van der Waals surface area (Å²) in [5.74, 6) is 0.614. The minimum Gasteiger partial charge on any atom is -0.311 e. The first-order chi connectivity index (χ1) is 10.5. The predicted molar refractivity (Wildman–Crippen MR) is 84.1 cm³/mol. The molecule has 0 fully saturated rings. The average Bonchev–Trinajstić information content (AvgIpc) is 2.48. The number of aryl methyl sites for hydroxylation is 2. The van der Waals surface area contributed by atoms with Crippen LogP contribution in [-0.4, -0.2) is 14.9 Å². The third-order valence-corrected chi connectivity index (χ3v) is 3.51. The number of hydrogen-bond donors (Lipinski definition) is 1. The Bertz CT molecular complexity index is 720. The number of unbranched alkanes of at least 4 members (excludes halogenated alkanes) is 1. The van der Waals surface area contributed by atoms with E-state index in [9.17, 15) is 14.9 Å². The lowest BCUT2D eigenvalue weighted by molar-refractivity contribution is -0.384. The van der Waals surface area contributed by atoms with Crippen LogP contribution in [0.25, 0.3) is 0 Å². The van der Waals surface area contributed by atoms with Gasteiger partial charge in [0.2, 0.25) is 0 Å². The maximum atomic E-state index is 12.2. The van der Waals surface area contributed by atoms with Crippen LogP contribution in [0.3, 0.4) is 0 Å². The Morgan fingerprint density at radius 3 is 2.55 bits per heavy atom. The van der Waals surface area contributed by atoms with Crippen LogP contribution in [0.4, 0.5) is 5.69 Å². The Kier molecular flexibility index (Phi) is 5.04. The van der Waals surface area contributed by atoms with Crippen molar-refractivity contribution in [2.75, 3.05) is 0 Å². The van der Waals surface area contributed by atoms with Gasteiger partial charge in [-0.2, -0.15) is 0 Å². The maximum absolute atomic E-state index is 12.2. The van der Waals surface area contributed by atoms with Gasteiger partial charge in [0.05, 0.1) is 10.6 Å². The third kappa shape index (κ3) is 3.78. The van der Waals surface area contributed by atoms with Crippen LogP contribution in [0, 0.1) is 17.0 Å². The zero-order chi connectivity index (χ0) is 16.1. The number of H-pyrrole nitrogens is 1. The lowest BCUT2D eigenvalue weighted by Crippen LogP contribution is -2.19. The van der Waals surface area contributed by atoms with Gasteiger partial charge in [-0.05, 0) is 25.3 Å². The van der Waals surface area contributed by atoms with E-state index in [1.807, 2.05) is 0 Å². The van der Waals surface area contributed by atoms with E-state index in [-0.39, 0.29) is 11.2 Å². The highest BCUT2D eigenvalue weighted by Gasteiger charge is 2.12. The Labute approximate surface area is 128 Å². The molecule has 1 aromatic heterocycles. The van der Waals surface area contributed by atoms with Crippen molar-refractivity contribution in [2.24, 2.45) is 0 Å². The van der Waals surface area contributed by atoms with Crippen LogP contribution >= 0.6 is 0 Å². The van der Waals surface area contributed by atoms with E-state index in [4.69, 9.17) is 0 Å². The number of nitro groups is 1. The number of aromatic nitrogens is 2. The molecule has 0 radical (unpaired) electrons. The number of benzene rings is 1. The fourth-order valence-corrected chi connectivity index (χ4v) is 2.34. The van der Waals surface area contributed by atoms with Crippen molar-refractivity contribution >= 4 is 5.69 Å². The number of rotatable bonds is 6. The first-order valence-corrected chi connectivity index (χ1v) is 7.33. The van der Waals surface area contributed by atoms with Gasteiger partial charge in [-0.15, -0.1) is 0 Å². The molecule has 1 N–H and O–H groups in total. The van der Waals surface area contributed by atoms with E-state index in [0.29, 0.717) is 17.8 Å². The summed E-state index contributed by atoms with van der Waals surface area (Å²) in [5, 5.41) is 10.7. The van der Waals surface area contributed by atoms with Crippen LogP contribution in [-0.2, 0) is 12.8 Å². The molecular weight excluding hydrogens is 282 g/mol. The Hall–Kier alpha value is -2.50. The molecule has 1 heterocycles. The minimum absolute atomic E-state index is 0.0471. The van der Waals surface area contributed by atoms with Crippen LogP contribution in [0.5, 0.6) is 0 Å². The lowest BCUT2D eigenvalue weighted by atomic mass is 10.0. The summed E-state index contributed by atoms with van der Waals surface area (Å²) in [4.78, 5) is 29.6. The molecule has 0 aliphatic rings. The smallest absolute Gasteiger partial charge is 0.269 e. The monoisotopic (exact) mass is 301 g/mol. The Morgan fingerprint density at radius 1 is 1.27 bits per heavy atom. The standard InChI is InChI=1S/C16H19N3O3/c1-3-4-5-15-14(16(20)18-11(2)17-15)10-12-6-8-13(9-7-12)19(21)22/h6-9H,3-5,10H2,1-2H3,(H,17,18,20). The fourth-order valence-electron chi connectivity index (χ4n) is 2.34. The minimum atomic E-state index is -0.434. The summed E-state index contributed by atoms with van der Waals surface area (Å²) in [6.45, 7) is 3.86. The molecule has 0 saturated heterocycles. The van der Waals surface area contributed by atoms with Gasteiger partial charge in [-0.25, -0.2) is 4.98 Å². The normalized spacial score (nSPS) is 10.6. The summed E-state index contributed by atoms with van der Waals surface area (Å²) < 4.78 is 0. The molecule has 0 amide bonds. The molecular formula is C16H19N3O3. The number of nitrogens with one attached hydrogen (secondary N) is 1. The molecule has 0 atom stereocenters. The largest absolute Gasteiger partial charge is 0.311 e. The van der Waals surface area contributed by atoms with E-state index in [2.05, 4.69) is 16.9 Å². The van der Waals surface area contributed by atoms with Crippen LogP contribution in [0.2, 0.25) is 0 Å².